The van der Waals surface area contributed by atoms with E-state index in [9.17, 15) is 4.79 Å². The molecule has 1 amide bonds. The van der Waals surface area contributed by atoms with E-state index in [1.165, 1.54) is 24.8 Å². The Kier molecular flexibility index (Phi) is 6.06. The number of rotatable bonds is 6. The highest BCUT2D eigenvalue weighted by Gasteiger charge is 2.26. The summed E-state index contributed by atoms with van der Waals surface area (Å²) in [4.78, 5) is 11.9. The molecule has 2 atom stereocenters. The Bertz CT molecular complexity index is 405. The Morgan fingerprint density at radius 3 is 2.70 bits per heavy atom. The van der Waals surface area contributed by atoms with Crippen molar-refractivity contribution in [3.63, 3.8) is 0 Å². The number of carbonyl (C=O) groups is 1. The number of carbonyl (C=O) groups excluding carboxylic acids is 1. The van der Waals surface area contributed by atoms with Gasteiger partial charge < -0.3 is 11.1 Å². The van der Waals surface area contributed by atoms with Crippen LogP contribution in [0.2, 0.25) is 0 Å². The molecular formula is C17H26N2O. The quantitative estimate of drug-likeness (QED) is 0.838. The van der Waals surface area contributed by atoms with Crippen molar-refractivity contribution < 1.29 is 4.79 Å². The van der Waals surface area contributed by atoms with Crippen LogP contribution in [0.15, 0.2) is 30.3 Å². The van der Waals surface area contributed by atoms with E-state index in [1.807, 2.05) is 0 Å². The molecule has 0 aliphatic heterocycles. The SMILES string of the molecule is NCCCC(=O)NC1CCCCC1Cc1ccccc1. The molecule has 1 aromatic rings. The fourth-order valence-electron chi connectivity index (χ4n) is 3.10. The van der Waals surface area contributed by atoms with E-state index < -0.39 is 0 Å². The highest BCUT2D eigenvalue weighted by molar-refractivity contribution is 5.76. The molecule has 2 unspecified atom stereocenters. The molecule has 0 radical (unpaired) electrons. The third-order valence-corrected chi connectivity index (χ3v) is 4.20. The van der Waals surface area contributed by atoms with Crippen molar-refractivity contribution in [2.45, 2.75) is 51.0 Å². The minimum Gasteiger partial charge on any atom is -0.353 e. The minimum atomic E-state index is 0.167. The maximum atomic E-state index is 11.9. The van der Waals surface area contributed by atoms with Crippen molar-refractivity contribution in [2.75, 3.05) is 6.54 Å². The molecule has 1 aromatic carbocycles. The first-order valence-corrected chi connectivity index (χ1v) is 7.83. The van der Waals surface area contributed by atoms with Crippen LogP contribution < -0.4 is 11.1 Å². The summed E-state index contributed by atoms with van der Waals surface area (Å²) in [5, 5.41) is 3.23. The Balaban J connectivity index is 1.90. The average molecular weight is 274 g/mol. The summed E-state index contributed by atoms with van der Waals surface area (Å²) in [7, 11) is 0. The Morgan fingerprint density at radius 1 is 1.20 bits per heavy atom. The van der Waals surface area contributed by atoms with E-state index in [2.05, 4.69) is 35.6 Å². The smallest absolute Gasteiger partial charge is 0.220 e. The number of benzene rings is 1. The van der Waals surface area contributed by atoms with Gasteiger partial charge in [-0.05, 0) is 43.7 Å². The van der Waals surface area contributed by atoms with Crippen molar-refractivity contribution in [1.82, 2.24) is 5.32 Å². The number of nitrogens with two attached hydrogens (primary N) is 1. The van der Waals surface area contributed by atoms with Crippen molar-refractivity contribution in [1.29, 1.82) is 0 Å². The molecule has 3 heteroatoms. The van der Waals surface area contributed by atoms with Crippen LogP contribution in [-0.2, 0) is 11.2 Å². The van der Waals surface area contributed by atoms with Gasteiger partial charge in [0.2, 0.25) is 5.91 Å². The van der Waals surface area contributed by atoms with Gasteiger partial charge in [-0.2, -0.15) is 0 Å². The molecule has 20 heavy (non-hydrogen) atoms. The first kappa shape index (κ1) is 15.0. The van der Waals surface area contributed by atoms with Crippen LogP contribution in [0.25, 0.3) is 0 Å². The number of hydrogen-bond donors (Lipinski definition) is 2. The first-order valence-electron chi connectivity index (χ1n) is 7.83. The van der Waals surface area contributed by atoms with Crippen LogP contribution in [-0.4, -0.2) is 18.5 Å². The topological polar surface area (TPSA) is 55.1 Å². The third-order valence-electron chi connectivity index (χ3n) is 4.20. The molecule has 0 spiro atoms. The van der Waals surface area contributed by atoms with Gasteiger partial charge in [0.1, 0.15) is 0 Å². The highest BCUT2D eigenvalue weighted by atomic mass is 16.1. The van der Waals surface area contributed by atoms with Crippen molar-refractivity contribution in [3.05, 3.63) is 35.9 Å². The molecule has 1 saturated carbocycles. The summed E-state index contributed by atoms with van der Waals surface area (Å²) in [5.41, 5.74) is 6.84. The molecule has 0 bridgehead atoms. The second kappa shape index (κ2) is 8.05. The lowest BCUT2D eigenvalue weighted by molar-refractivity contribution is -0.122. The Morgan fingerprint density at radius 2 is 1.95 bits per heavy atom. The number of nitrogens with one attached hydrogen (secondary N) is 1. The predicted octanol–water partition coefficient (Wildman–Crippen LogP) is 2.64. The molecule has 2 rings (SSSR count). The molecule has 1 aliphatic carbocycles. The second-order valence-electron chi connectivity index (χ2n) is 5.80. The van der Waals surface area contributed by atoms with Crippen LogP contribution in [0.1, 0.15) is 44.1 Å². The van der Waals surface area contributed by atoms with Gasteiger partial charge in [0, 0.05) is 12.5 Å². The summed E-state index contributed by atoms with van der Waals surface area (Å²) in [6.45, 7) is 0.589. The zero-order chi connectivity index (χ0) is 14.2. The molecule has 0 saturated heterocycles. The third kappa shape index (κ3) is 4.64. The predicted molar refractivity (Wildman–Crippen MR) is 82.3 cm³/mol. The van der Waals surface area contributed by atoms with Crippen molar-refractivity contribution in [2.24, 2.45) is 11.7 Å². The lowest BCUT2D eigenvalue weighted by Gasteiger charge is -2.32. The minimum absolute atomic E-state index is 0.167. The van der Waals surface area contributed by atoms with Gasteiger partial charge >= 0.3 is 0 Å². The van der Waals surface area contributed by atoms with E-state index >= 15 is 0 Å². The maximum Gasteiger partial charge on any atom is 0.220 e. The van der Waals surface area contributed by atoms with Crippen LogP contribution in [0.4, 0.5) is 0 Å². The van der Waals surface area contributed by atoms with Gasteiger partial charge in [0.15, 0.2) is 0 Å². The lowest BCUT2D eigenvalue weighted by atomic mass is 9.80. The largest absolute Gasteiger partial charge is 0.353 e. The molecule has 1 fully saturated rings. The van der Waals surface area contributed by atoms with E-state index in [0.29, 0.717) is 24.9 Å². The van der Waals surface area contributed by atoms with Crippen LogP contribution in [0, 0.1) is 5.92 Å². The summed E-state index contributed by atoms with van der Waals surface area (Å²) >= 11 is 0. The normalized spacial score (nSPS) is 22.4. The molecule has 0 heterocycles. The fraction of sp³-hybridized carbons (Fsp3) is 0.588. The standard InChI is InChI=1S/C17H26N2O/c18-12-6-11-17(20)19-16-10-5-4-9-15(16)13-14-7-2-1-3-8-14/h1-3,7-8,15-16H,4-6,9-13,18H2,(H,19,20). The molecule has 110 valence electrons. The van der Waals surface area contributed by atoms with Gasteiger partial charge in [0.25, 0.3) is 0 Å². The molecule has 3 nitrogen and oxygen atoms in total. The number of hydrogen-bond acceptors (Lipinski definition) is 2. The number of amides is 1. The summed E-state index contributed by atoms with van der Waals surface area (Å²) < 4.78 is 0. The average Bonchev–Trinajstić information content (AvgIpc) is 2.48. The van der Waals surface area contributed by atoms with Gasteiger partial charge in [-0.25, -0.2) is 0 Å². The molecule has 3 N–H and O–H groups in total. The Labute approximate surface area is 121 Å². The fourth-order valence-corrected chi connectivity index (χ4v) is 3.10. The lowest BCUT2D eigenvalue weighted by Crippen LogP contribution is -2.42. The van der Waals surface area contributed by atoms with E-state index in [4.69, 9.17) is 5.73 Å². The summed E-state index contributed by atoms with van der Waals surface area (Å²) in [6.07, 6.45) is 7.26. The van der Waals surface area contributed by atoms with Gasteiger partial charge in [0.05, 0.1) is 0 Å². The van der Waals surface area contributed by atoms with Gasteiger partial charge in [-0.1, -0.05) is 43.2 Å². The highest BCUT2D eigenvalue weighted by Crippen LogP contribution is 2.27. The zero-order valence-corrected chi connectivity index (χ0v) is 12.2. The van der Waals surface area contributed by atoms with Gasteiger partial charge in [-0.3, -0.25) is 4.79 Å². The summed E-state index contributed by atoms with van der Waals surface area (Å²) in [6, 6.07) is 10.9. The second-order valence-corrected chi connectivity index (χ2v) is 5.80. The maximum absolute atomic E-state index is 11.9. The monoisotopic (exact) mass is 274 g/mol. The van der Waals surface area contributed by atoms with Crippen molar-refractivity contribution >= 4 is 5.91 Å². The zero-order valence-electron chi connectivity index (χ0n) is 12.2. The van der Waals surface area contributed by atoms with E-state index in [0.717, 1.165) is 19.3 Å². The van der Waals surface area contributed by atoms with Crippen LogP contribution >= 0.6 is 0 Å². The van der Waals surface area contributed by atoms with Crippen LogP contribution in [0.5, 0.6) is 0 Å². The van der Waals surface area contributed by atoms with Crippen LogP contribution in [0.3, 0.4) is 0 Å². The first-order chi connectivity index (χ1) is 9.79. The van der Waals surface area contributed by atoms with Crippen molar-refractivity contribution in [3.8, 4) is 0 Å². The molecular weight excluding hydrogens is 248 g/mol. The molecule has 1 aliphatic rings. The molecule has 0 aromatic heterocycles. The summed E-state index contributed by atoms with van der Waals surface area (Å²) in [5.74, 6) is 0.744. The Hall–Kier alpha value is -1.35. The van der Waals surface area contributed by atoms with E-state index in [-0.39, 0.29) is 5.91 Å². The van der Waals surface area contributed by atoms with Gasteiger partial charge in [-0.15, -0.1) is 0 Å². The van der Waals surface area contributed by atoms with E-state index in [1.54, 1.807) is 0 Å².